The van der Waals surface area contributed by atoms with E-state index in [4.69, 9.17) is 0 Å². The molecule has 2 fully saturated rings. The Morgan fingerprint density at radius 2 is 1.89 bits per heavy atom. The summed E-state index contributed by atoms with van der Waals surface area (Å²) in [5.74, 6) is 0.219. The minimum atomic E-state index is -0.136. The third-order valence-corrected chi connectivity index (χ3v) is 5.20. The molecule has 0 saturated carbocycles. The Kier molecular flexibility index (Phi) is 8.26. The van der Waals surface area contributed by atoms with Crippen molar-refractivity contribution in [2.75, 3.05) is 31.5 Å². The molecule has 0 spiro atoms. The van der Waals surface area contributed by atoms with E-state index in [1.165, 1.54) is 6.92 Å². The number of halogens is 1. The third kappa shape index (κ3) is 5.94. The number of likely N-dealkylation sites (tertiary alicyclic amines) is 1. The molecular formula is C20H29ClN4O3. The fraction of sp³-hybridized carbons (Fsp3) is 0.550. The highest BCUT2D eigenvalue weighted by Crippen LogP contribution is 2.19. The molecule has 1 aromatic rings. The lowest BCUT2D eigenvalue weighted by atomic mass is 9.97. The maximum absolute atomic E-state index is 12.8. The first-order valence-electron chi connectivity index (χ1n) is 9.71. The number of hydrogen-bond acceptors (Lipinski definition) is 4. The molecule has 3 amide bonds. The van der Waals surface area contributed by atoms with E-state index in [0.717, 1.165) is 38.8 Å². The number of anilines is 1. The molecule has 0 radical (unpaired) electrons. The lowest BCUT2D eigenvalue weighted by Gasteiger charge is -2.33. The van der Waals surface area contributed by atoms with Crippen LogP contribution in [0.2, 0.25) is 0 Å². The van der Waals surface area contributed by atoms with Crippen molar-refractivity contribution in [3.05, 3.63) is 29.8 Å². The maximum Gasteiger partial charge on any atom is 0.253 e. The SMILES string of the molecule is CC(=O)Nc1ccc(C(=O)N2CCCC(CNC(=O)C3CCCN3)C2)cc1.Cl. The predicted octanol–water partition coefficient (Wildman–Crippen LogP) is 1.79. The normalized spacial score (nSPS) is 21.5. The van der Waals surface area contributed by atoms with Gasteiger partial charge < -0.3 is 20.9 Å². The van der Waals surface area contributed by atoms with Gasteiger partial charge in [0.2, 0.25) is 11.8 Å². The zero-order valence-corrected chi connectivity index (χ0v) is 17.0. The summed E-state index contributed by atoms with van der Waals surface area (Å²) >= 11 is 0. The Labute approximate surface area is 172 Å². The summed E-state index contributed by atoms with van der Waals surface area (Å²) in [5, 5.41) is 8.94. The molecule has 8 heteroatoms. The van der Waals surface area contributed by atoms with Gasteiger partial charge in [-0.25, -0.2) is 0 Å². The van der Waals surface area contributed by atoms with Crippen LogP contribution in [-0.4, -0.2) is 54.8 Å². The van der Waals surface area contributed by atoms with Gasteiger partial charge in [-0.1, -0.05) is 0 Å². The van der Waals surface area contributed by atoms with Crippen LogP contribution in [0.25, 0.3) is 0 Å². The summed E-state index contributed by atoms with van der Waals surface area (Å²) in [6.45, 7) is 4.37. The van der Waals surface area contributed by atoms with E-state index in [0.29, 0.717) is 24.3 Å². The fourth-order valence-corrected chi connectivity index (χ4v) is 3.77. The minimum absolute atomic E-state index is 0. The molecule has 0 aliphatic carbocycles. The highest BCUT2D eigenvalue weighted by molar-refractivity contribution is 5.95. The minimum Gasteiger partial charge on any atom is -0.354 e. The standard InChI is InChI=1S/C20H28N4O3.ClH/c1-14(25)23-17-8-6-16(7-9-17)20(27)24-11-3-4-15(13-24)12-22-19(26)18-5-2-10-21-18;/h6-9,15,18,21H,2-5,10-13H2,1H3,(H,22,26)(H,23,25);1H. The van der Waals surface area contributed by atoms with Gasteiger partial charge in [0.25, 0.3) is 5.91 Å². The molecule has 7 nitrogen and oxygen atoms in total. The molecule has 2 aliphatic heterocycles. The second kappa shape index (κ2) is 10.4. The summed E-state index contributed by atoms with van der Waals surface area (Å²) in [6.07, 6.45) is 3.90. The topological polar surface area (TPSA) is 90.5 Å². The van der Waals surface area contributed by atoms with Gasteiger partial charge in [-0.05, 0) is 62.4 Å². The molecule has 2 aliphatic rings. The van der Waals surface area contributed by atoms with Crippen molar-refractivity contribution in [2.45, 2.75) is 38.6 Å². The van der Waals surface area contributed by atoms with Gasteiger partial charge in [-0.3, -0.25) is 14.4 Å². The molecular weight excluding hydrogens is 380 g/mol. The molecule has 2 heterocycles. The van der Waals surface area contributed by atoms with Gasteiger partial charge in [0.05, 0.1) is 6.04 Å². The Balaban J connectivity index is 0.00000280. The van der Waals surface area contributed by atoms with Gasteiger partial charge in [-0.15, -0.1) is 12.4 Å². The van der Waals surface area contributed by atoms with Crippen molar-refractivity contribution in [1.29, 1.82) is 0 Å². The van der Waals surface area contributed by atoms with E-state index < -0.39 is 0 Å². The Bertz CT molecular complexity index is 689. The Morgan fingerprint density at radius 3 is 2.54 bits per heavy atom. The van der Waals surface area contributed by atoms with Crippen LogP contribution in [0.1, 0.15) is 43.0 Å². The second-order valence-electron chi connectivity index (χ2n) is 7.41. The van der Waals surface area contributed by atoms with Gasteiger partial charge >= 0.3 is 0 Å². The van der Waals surface area contributed by atoms with Gasteiger partial charge in [0, 0.05) is 37.8 Å². The number of piperidine rings is 1. The van der Waals surface area contributed by atoms with E-state index in [1.807, 2.05) is 4.90 Å². The summed E-state index contributed by atoms with van der Waals surface area (Å²) in [6, 6.07) is 6.90. The van der Waals surface area contributed by atoms with Crippen LogP contribution in [0.5, 0.6) is 0 Å². The summed E-state index contributed by atoms with van der Waals surface area (Å²) in [5.41, 5.74) is 1.29. The van der Waals surface area contributed by atoms with Crippen LogP contribution in [-0.2, 0) is 9.59 Å². The monoisotopic (exact) mass is 408 g/mol. The predicted molar refractivity (Wildman–Crippen MR) is 111 cm³/mol. The number of benzene rings is 1. The van der Waals surface area contributed by atoms with Crippen molar-refractivity contribution in [3.8, 4) is 0 Å². The van der Waals surface area contributed by atoms with Crippen LogP contribution >= 0.6 is 12.4 Å². The maximum atomic E-state index is 12.8. The molecule has 0 bridgehead atoms. The number of carbonyl (C=O) groups excluding carboxylic acids is 3. The Hall–Kier alpha value is -2.12. The first kappa shape index (κ1) is 22.2. The van der Waals surface area contributed by atoms with E-state index in [2.05, 4.69) is 16.0 Å². The Morgan fingerprint density at radius 1 is 1.14 bits per heavy atom. The molecule has 3 N–H and O–H groups in total. The summed E-state index contributed by atoms with van der Waals surface area (Å²) < 4.78 is 0. The van der Waals surface area contributed by atoms with E-state index in [9.17, 15) is 14.4 Å². The van der Waals surface area contributed by atoms with Crippen molar-refractivity contribution < 1.29 is 14.4 Å². The lowest BCUT2D eigenvalue weighted by molar-refractivity contribution is -0.123. The van der Waals surface area contributed by atoms with E-state index >= 15 is 0 Å². The van der Waals surface area contributed by atoms with Crippen molar-refractivity contribution >= 4 is 35.8 Å². The molecule has 3 rings (SSSR count). The average Bonchev–Trinajstić information content (AvgIpc) is 3.21. The first-order valence-corrected chi connectivity index (χ1v) is 9.71. The molecule has 28 heavy (non-hydrogen) atoms. The second-order valence-corrected chi connectivity index (χ2v) is 7.41. The van der Waals surface area contributed by atoms with Crippen molar-refractivity contribution in [1.82, 2.24) is 15.5 Å². The highest BCUT2D eigenvalue weighted by Gasteiger charge is 2.26. The molecule has 0 aromatic heterocycles. The largest absolute Gasteiger partial charge is 0.354 e. The number of hydrogen-bond donors (Lipinski definition) is 3. The van der Waals surface area contributed by atoms with Crippen LogP contribution in [0, 0.1) is 5.92 Å². The van der Waals surface area contributed by atoms with Gasteiger partial charge in [-0.2, -0.15) is 0 Å². The molecule has 2 atom stereocenters. The lowest BCUT2D eigenvalue weighted by Crippen LogP contribution is -2.46. The number of nitrogens with one attached hydrogen (secondary N) is 3. The van der Waals surface area contributed by atoms with Crippen molar-refractivity contribution in [2.24, 2.45) is 5.92 Å². The van der Waals surface area contributed by atoms with Crippen LogP contribution in [0.3, 0.4) is 0 Å². The van der Waals surface area contributed by atoms with Gasteiger partial charge in [0.1, 0.15) is 0 Å². The summed E-state index contributed by atoms with van der Waals surface area (Å²) in [7, 11) is 0. The summed E-state index contributed by atoms with van der Waals surface area (Å²) in [4.78, 5) is 37.9. The zero-order valence-electron chi connectivity index (χ0n) is 16.2. The van der Waals surface area contributed by atoms with Crippen LogP contribution in [0.4, 0.5) is 5.69 Å². The molecule has 1 aromatic carbocycles. The quantitative estimate of drug-likeness (QED) is 0.692. The number of amides is 3. The zero-order chi connectivity index (χ0) is 19.2. The number of carbonyl (C=O) groups is 3. The first-order chi connectivity index (χ1) is 13.0. The molecule has 154 valence electrons. The smallest absolute Gasteiger partial charge is 0.253 e. The molecule has 2 saturated heterocycles. The van der Waals surface area contributed by atoms with E-state index in [-0.39, 0.29) is 42.1 Å². The molecule has 2 unspecified atom stereocenters. The van der Waals surface area contributed by atoms with Crippen LogP contribution in [0.15, 0.2) is 24.3 Å². The van der Waals surface area contributed by atoms with E-state index in [1.54, 1.807) is 24.3 Å². The fourth-order valence-electron chi connectivity index (χ4n) is 3.77. The van der Waals surface area contributed by atoms with Gasteiger partial charge in [0.15, 0.2) is 0 Å². The number of rotatable bonds is 5. The highest BCUT2D eigenvalue weighted by atomic mass is 35.5. The van der Waals surface area contributed by atoms with Crippen molar-refractivity contribution in [3.63, 3.8) is 0 Å². The average molecular weight is 409 g/mol. The number of nitrogens with zero attached hydrogens (tertiary/aromatic N) is 1. The van der Waals surface area contributed by atoms with Crippen LogP contribution < -0.4 is 16.0 Å². The third-order valence-electron chi connectivity index (χ3n) is 5.20.